The van der Waals surface area contributed by atoms with Crippen LogP contribution in [0.5, 0.6) is 5.75 Å². The molecule has 1 heterocycles. The van der Waals surface area contributed by atoms with Crippen molar-refractivity contribution in [3.63, 3.8) is 0 Å². The molecular formula is C12H11FO6. The first-order valence-corrected chi connectivity index (χ1v) is 5.39. The number of carbonyl (C=O) groups is 1. The monoisotopic (exact) mass is 270 g/mol. The molecule has 1 aromatic carbocycles. The second-order valence-corrected chi connectivity index (χ2v) is 3.84. The molecule has 1 aliphatic rings. The van der Waals surface area contributed by atoms with Gasteiger partial charge in [0.05, 0.1) is 6.61 Å². The number of cyclic esters (lactones) is 1. The Hall–Kier alpha value is -2.12. The minimum Gasteiger partial charge on any atom is -0.499 e. The predicted molar refractivity (Wildman–Crippen MR) is 59.7 cm³/mol. The van der Waals surface area contributed by atoms with E-state index in [1.54, 1.807) is 0 Å². The molecule has 1 aromatic rings. The van der Waals surface area contributed by atoms with Gasteiger partial charge in [0, 0.05) is 0 Å². The fourth-order valence-corrected chi connectivity index (χ4v) is 1.55. The highest BCUT2D eigenvalue weighted by atomic mass is 19.1. The van der Waals surface area contributed by atoms with Crippen molar-refractivity contribution in [3.05, 3.63) is 41.6 Å². The van der Waals surface area contributed by atoms with Gasteiger partial charge < -0.3 is 24.8 Å². The number of esters is 1. The lowest BCUT2D eigenvalue weighted by Crippen LogP contribution is -2.33. The van der Waals surface area contributed by atoms with E-state index in [2.05, 4.69) is 4.74 Å². The number of ether oxygens (including phenoxy) is 2. The summed E-state index contributed by atoms with van der Waals surface area (Å²) in [5.74, 6) is -2.50. The maximum Gasteiger partial charge on any atom is 0.378 e. The molecule has 7 heteroatoms. The molecule has 2 atom stereocenters. The van der Waals surface area contributed by atoms with E-state index in [0.29, 0.717) is 0 Å². The lowest BCUT2D eigenvalue weighted by atomic mass is 10.2. The lowest BCUT2D eigenvalue weighted by molar-refractivity contribution is -0.147. The number of benzene rings is 1. The summed E-state index contributed by atoms with van der Waals surface area (Å²) in [6.45, 7) is -0.679. The number of hydrogen-bond donors (Lipinski definition) is 3. The summed E-state index contributed by atoms with van der Waals surface area (Å²) in [5, 5.41) is 27.8. The summed E-state index contributed by atoms with van der Waals surface area (Å²) in [4.78, 5) is 11.2. The van der Waals surface area contributed by atoms with Gasteiger partial charge in [0.25, 0.3) is 0 Å². The van der Waals surface area contributed by atoms with Gasteiger partial charge in [-0.05, 0) is 24.3 Å². The van der Waals surface area contributed by atoms with Crippen molar-refractivity contribution in [1.29, 1.82) is 0 Å². The molecule has 102 valence electrons. The van der Waals surface area contributed by atoms with Gasteiger partial charge in [-0.25, -0.2) is 9.18 Å². The lowest BCUT2D eigenvalue weighted by Gasteiger charge is -2.18. The normalized spacial score (nSPS) is 20.4. The molecule has 2 rings (SSSR count). The highest BCUT2D eigenvalue weighted by molar-refractivity contribution is 5.89. The molecule has 0 bridgehead atoms. The van der Waals surface area contributed by atoms with Crippen LogP contribution in [0.2, 0.25) is 0 Å². The minimum absolute atomic E-state index is 0.149. The van der Waals surface area contributed by atoms with E-state index in [1.807, 2.05) is 0 Å². The maximum atomic E-state index is 12.7. The molecule has 6 nitrogen and oxygen atoms in total. The molecule has 0 amide bonds. The zero-order chi connectivity index (χ0) is 14.0. The third-order valence-corrected chi connectivity index (χ3v) is 2.50. The van der Waals surface area contributed by atoms with Crippen LogP contribution in [0, 0.1) is 5.82 Å². The van der Waals surface area contributed by atoms with Gasteiger partial charge in [0.1, 0.15) is 17.7 Å². The van der Waals surface area contributed by atoms with Crippen LogP contribution in [0.1, 0.15) is 0 Å². The molecule has 0 saturated heterocycles. The molecule has 0 aliphatic carbocycles. The van der Waals surface area contributed by atoms with Crippen LogP contribution in [-0.4, -0.2) is 40.1 Å². The van der Waals surface area contributed by atoms with Crippen molar-refractivity contribution in [2.24, 2.45) is 0 Å². The van der Waals surface area contributed by atoms with Crippen molar-refractivity contribution in [2.75, 3.05) is 6.61 Å². The average Bonchev–Trinajstić information content (AvgIpc) is 2.68. The van der Waals surface area contributed by atoms with E-state index >= 15 is 0 Å². The van der Waals surface area contributed by atoms with Crippen molar-refractivity contribution in [2.45, 2.75) is 12.2 Å². The second kappa shape index (κ2) is 5.25. The molecule has 19 heavy (non-hydrogen) atoms. The molecule has 1 aliphatic heterocycles. The maximum absolute atomic E-state index is 12.7. The van der Waals surface area contributed by atoms with Crippen molar-refractivity contribution in [3.8, 4) is 5.75 Å². The third-order valence-electron chi connectivity index (χ3n) is 2.50. The Bertz CT molecular complexity index is 509. The Balaban J connectivity index is 2.24. The van der Waals surface area contributed by atoms with Crippen LogP contribution in [0.3, 0.4) is 0 Å². The van der Waals surface area contributed by atoms with E-state index in [9.17, 15) is 19.4 Å². The van der Waals surface area contributed by atoms with Gasteiger partial charge in [-0.1, -0.05) is 0 Å². The summed E-state index contributed by atoms with van der Waals surface area (Å²) in [7, 11) is 0. The predicted octanol–water partition coefficient (Wildman–Crippen LogP) is 0.253. The zero-order valence-corrected chi connectivity index (χ0v) is 9.62. The molecule has 0 saturated carbocycles. The SMILES string of the molecule is O=C1O[C@H]([C@@H](O)CO)C(Oc2ccc(F)cc2)=C1O. The first-order chi connectivity index (χ1) is 9.02. The van der Waals surface area contributed by atoms with Crippen molar-refractivity contribution < 1.29 is 34.0 Å². The number of carbonyl (C=O) groups excluding carboxylic acids is 1. The average molecular weight is 270 g/mol. The largest absolute Gasteiger partial charge is 0.499 e. The Morgan fingerprint density at radius 3 is 2.58 bits per heavy atom. The van der Waals surface area contributed by atoms with Crippen LogP contribution >= 0.6 is 0 Å². The number of hydrogen-bond acceptors (Lipinski definition) is 6. The number of aliphatic hydroxyl groups is 3. The van der Waals surface area contributed by atoms with Crippen LogP contribution in [0.15, 0.2) is 35.8 Å². The standard InChI is InChI=1S/C12H11FO6/c13-6-1-3-7(4-2-6)18-11-9(16)12(17)19-10(11)8(15)5-14/h1-4,8,10,14-16H,5H2/t8-,10+/m0/s1. The Labute approximate surface area is 107 Å². The Kier molecular flexibility index (Phi) is 3.68. The van der Waals surface area contributed by atoms with E-state index < -0.39 is 36.4 Å². The van der Waals surface area contributed by atoms with E-state index in [4.69, 9.17) is 9.84 Å². The fraction of sp³-hybridized carbons (Fsp3) is 0.250. The fourth-order valence-electron chi connectivity index (χ4n) is 1.55. The second-order valence-electron chi connectivity index (χ2n) is 3.84. The highest BCUT2D eigenvalue weighted by Gasteiger charge is 2.40. The molecule has 0 spiro atoms. The Morgan fingerprint density at radius 1 is 1.37 bits per heavy atom. The first kappa shape index (κ1) is 13.3. The molecule has 0 radical (unpaired) electrons. The summed E-state index contributed by atoms with van der Waals surface area (Å²) in [6, 6.07) is 4.81. The van der Waals surface area contributed by atoms with Gasteiger partial charge >= 0.3 is 5.97 Å². The van der Waals surface area contributed by atoms with Crippen molar-refractivity contribution >= 4 is 5.97 Å². The highest BCUT2D eigenvalue weighted by Crippen LogP contribution is 2.27. The summed E-state index contributed by atoms with van der Waals surface area (Å²) in [6.07, 6.45) is -2.73. The third kappa shape index (κ3) is 2.67. The van der Waals surface area contributed by atoms with E-state index in [0.717, 1.165) is 12.1 Å². The van der Waals surface area contributed by atoms with E-state index in [-0.39, 0.29) is 11.5 Å². The quantitative estimate of drug-likeness (QED) is 0.679. The summed E-state index contributed by atoms with van der Waals surface area (Å²) >= 11 is 0. The molecular weight excluding hydrogens is 259 g/mol. The van der Waals surface area contributed by atoms with Crippen LogP contribution in [0.25, 0.3) is 0 Å². The van der Waals surface area contributed by atoms with Gasteiger partial charge in [0.15, 0.2) is 11.9 Å². The Morgan fingerprint density at radius 2 is 2.00 bits per heavy atom. The first-order valence-electron chi connectivity index (χ1n) is 5.39. The molecule has 0 fully saturated rings. The van der Waals surface area contributed by atoms with Crippen molar-refractivity contribution in [1.82, 2.24) is 0 Å². The zero-order valence-electron chi connectivity index (χ0n) is 9.62. The number of halogens is 1. The summed E-state index contributed by atoms with van der Waals surface area (Å²) in [5.41, 5.74) is 0. The van der Waals surface area contributed by atoms with Gasteiger partial charge in [-0.15, -0.1) is 0 Å². The number of rotatable bonds is 4. The van der Waals surface area contributed by atoms with E-state index in [1.165, 1.54) is 12.1 Å². The molecule has 3 N–H and O–H groups in total. The summed E-state index contributed by atoms with van der Waals surface area (Å²) < 4.78 is 22.6. The van der Waals surface area contributed by atoms with Crippen LogP contribution in [-0.2, 0) is 9.53 Å². The smallest absolute Gasteiger partial charge is 0.378 e. The topological polar surface area (TPSA) is 96.2 Å². The van der Waals surface area contributed by atoms with Crippen LogP contribution in [0.4, 0.5) is 4.39 Å². The minimum atomic E-state index is -1.43. The van der Waals surface area contributed by atoms with Crippen LogP contribution < -0.4 is 4.74 Å². The molecule has 0 aromatic heterocycles. The van der Waals surface area contributed by atoms with Gasteiger partial charge in [-0.3, -0.25) is 0 Å². The van der Waals surface area contributed by atoms with Gasteiger partial charge in [-0.2, -0.15) is 0 Å². The van der Waals surface area contributed by atoms with Gasteiger partial charge in [0.2, 0.25) is 5.76 Å². The molecule has 0 unspecified atom stereocenters. The number of aliphatic hydroxyl groups excluding tert-OH is 3.